The predicted octanol–water partition coefficient (Wildman–Crippen LogP) is 4.99. The number of methoxy groups -OCH3 is 1. The standard InChI is InChI=1S/C27H33FO6/c1-33-25-22(28)16-21(23(30)18-27(26(31)32)11-4-2-3-5-12-27)17-24(25)34-14-10-20-8-6-7-19(15-20)9-13-29/h6-8,15-17,29H,2-5,9-14,18H2,1H3,(H,31,32). The highest BCUT2D eigenvalue weighted by Gasteiger charge is 2.40. The minimum absolute atomic E-state index is 0.0699. The van der Waals surface area contributed by atoms with Crippen LogP contribution in [0, 0.1) is 11.2 Å². The third kappa shape index (κ3) is 6.35. The van der Waals surface area contributed by atoms with E-state index in [0.29, 0.717) is 25.7 Å². The van der Waals surface area contributed by atoms with Crippen LogP contribution in [-0.4, -0.2) is 42.3 Å². The molecule has 0 heterocycles. The Labute approximate surface area is 199 Å². The molecular weight excluding hydrogens is 439 g/mol. The number of carbonyl (C=O) groups is 2. The number of Topliss-reactive ketones (excluding diaryl/α,β-unsaturated/α-hetero) is 1. The lowest BCUT2D eigenvalue weighted by atomic mass is 9.75. The Bertz CT molecular complexity index is 995. The van der Waals surface area contributed by atoms with Gasteiger partial charge in [-0.2, -0.15) is 0 Å². The summed E-state index contributed by atoms with van der Waals surface area (Å²) in [6.07, 6.45) is 5.31. The van der Waals surface area contributed by atoms with Crippen LogP contribution in [0.2, 0.25) is 0 Å². The summed E-state index contributed by atoms with van der Waals surface area (Å²) < 4.78 is 25.7. The Morgan fingerprint density at radius 2 is 1.71 bits per heavy atom. The largest absolute Gasteiger partial charge is 0.490 e. The number of benzene rings is 2. The Morgan fingerprint density at radius 3 is 2.32 bits per heavy atom. The first-order valence-electron chi connectivity index (χ1n) is 11.8. The Hall–Kier alpha value is -2.93. The van der Waals surface area contributed by atoms with Gasteiger partial charge in [0.15, 0.2) is 23.1 Å². The second-order valence-electron chi connectivity index (χ2n) is 8.98. The average molecular weight is 473 g/mol. The van der Waals surface area contributed by atoms with E-state index in [4.69, 9.17) is 14.6 Å². The molecule has 1 fully saturated rings. The Morgan fingerprint density at radius 1 is 1.03 bits per heavy atom. The number of carboxylic acid groups (broad SMARTS) is 1. The topological polar surface area (TPSA) is 93.1 Å². The molecule has 1 aliphatic rings. The highest BCUT2D eigenvalue weighted by atomic mass is 19.1. The van der Waals surface area contributed by atoms with Gasteiger partial charge in [-0.25, -0.2) is 4.39 Å². The number of hydrogen-bond acceptors (Lipinski definition) is 5. The molecule has 34 heavy (non-hydrogen) atoms. The van der Waals surface area contributed by atoms with E-state index < -0.39 is 23.0 Å². The number of carboxylic acids is 1. The van der Waals surface area contributed by atoms with Crippen molar-refractivity contribution in [3.05, 3.63) is 58.9 Å². The minimum atomic E-state index is -1.11. The van der Waals surface area contributed by atoms with Crippen LogP contribution < -0.4 is 9.47 Å². The SMILES string of the molecule is COc1c(F)cc(C(=O)CC2(C(=O)O)CCCCCC2)cc1OCCc1cccc(CCO)c1. The molecule has 0 spiro atoms. The van der Waals surface area contributed by atoms with Gasteiger partial charge in [-0.3, -0.25) is 9.59 Å². The van der Waals surface area contributed by atoms with Crippen LogP contribution in [0.4, 0.5) is 4.39 Å². The molecular formula is C27H33FO6. The van der Waals surface area contributed by atoms with Gasteiger partial charge in [-0.05, 0) is 42.5 Å². The third-order valence-electron chi connectivity index (χ3n) is 6.59. The van der Waals surface area contributed by atoms with E-state index >= 15 is 0 Å². The molecule has 0 aromatic heterocycles. The molecule has 184 valence electrons. The van der Waals surface area contributed by atoms with Crippen LogP contribution in [0.5, 0.6) is 11.5 Å². The fourth-order valence-electron chi connectivity index (χ4n) is 4.66. The second kappa shape index (κ2) is 12.0. The quantitative estimate of drug-likeness (QED) is 0.354. The normalized spacial score (nSPS) is 15.4. The smallest absolute Gasteiger partial charge is 0.310 e. The molecule has 3 rings (SSSR count). The molecule has 0 saturated heterocycles. The van der Waals surface area contributed by atoms with Gasteiger partial charge in [0, 0.05) is 25.0 Å². The Balaban J connectivity index is 1.75. The van der Waals surface area contributed by atoms with E-state index in [1.807, 2.05) is 24.3 Å². The number of aliphatic hydroxyl groups excluding tert-OH is 1. The molecule has 0 aliphatic heterocycles. The summed E-state index contributed by atoms with van der Waals surface area (Å²) in [6.45, 7) is 0.301. The van der Waals surface area contributed by atoms with Crippen molar-refractivity contribution in [1.82, 2.24) is 0 Å². The van der Waals surface area contributed by atoms with Crippen molar-refractivity contribution in [2.75, 3.05) is 20.3 Å². The summed E-state index contributed by atoms with van der Waals surface area (Å²) in [5, 5.41) is 19.0. The summed E-state index contributed by atoms with van der Waals surface area (Å²) in [5.74, 6) is -2.07. The van der Waals surface area contributed by atoms with Crippen LogP contribution in [0.15, 0.2) is 36.4 Å². The molecule has 2 aromatic carbocycles. The number of ketones is 1. The highest BCUT2D eigenvalue weighted by Crippen LogP contribution is 2.40. The zero-order valence-electron chi connectivity index (χ0n) is 19.6. The average Bonchev–Trinajstić information content (AvgIpc) is 3.06. The van der Waals surface area contributed by atoms with Crippen LogP contribution in [-0.2, 0) is 17.6 Å². The molecule has 2 N–H and O–H groups in total. The van der Waals surface area contributed by atoms with E-state index in [-0.39, 0.29) is 36.7 Å². The lowest BCUT2D eigenvalue weighted by Crippen LogP contribution is -2.33. The minimum Gasteiger partial charge on any atom is -0.490 e. The number of carbonyl (C=O) groups excluding carboxylic acids is 1. The van der Waals surface area contributed by atoms with E-state index in [1.54, 1.807) is 0 Å². The van der Waals surface area contributed by atoms with Crippen molar-refractivity contribution in [2.24, 2.45) is 5.41 Å². The van der Waals surface area contributed by atoms with Crippen LogP contribution >= 0.6 is 0 Å². The molecule has 0 bridgehead atoms. The number of aliphatic carboxylic acids is 1. The zero-order chi connectivity index (χ0) is 24.6. The molecule has 2 aromatic rings. The van der Waals surface area contributed by atoms with Gasteiger partial charge in [0.2, 0.25) is 0 Å². The highest BCUT2D eigenvalue weighted by molar-refractivity contribution is 5.99. The first kappa shape index (κ1) is 25.7. The van der Waals surface area contributed by atoms with Crippen molar-refractivity contribution in [2.45, 2.75) is 57.8 Å². The van der Waals surface area contributed by atoms with Crippen LogP contribution in [0.25, 0.3) is 0 Å². The van der Waals surface area contributed by atoms with E-state index in [1.165, 1.54) is 13.2 Å². The van der Waals surface area contributed by atoms with Gasteiger partial charge in [0.1, 0.15) is 0 Å². The van der Waals surface area contributed by atoms with Gasteiger partial charge >= 0.3 is 5.97 Å². The van der Waals surface area contributed by atoms with Gasteiger partial charge in [-0.1, -0.05) is 49.9 Å². The van der Waals surface area contributed by atoms with Gasteiger partial charge < -0.3 is 19.7 Å². The zero-order valence-corrected chi connectivity index (χ0v) is 19.6. The predicted molar refractivity (Wildman–Crippen MR) is 126 cm³/mol. The maximum absolute atomic E-state index is 14.8. The van der Waals surface area contributed by atoms with Gasteiger partial charge in [0.25, 0.3) is 0 Å². The van der Waals surface area contributed by atoms with Crippen molar-refractivity contribution in [1.29, 1.82) is 0 Å². The number of ether oxygens (including phenoxy) is 2. The molecule has 7 heteroatoms. The lowest BCUT2D eigenvalue weighted by molar-refractivity contribution is -0.149. The van der Waals surface area contributed by atoms with E-state index in [9.17, 15) is 19.1 Å². The summed E-state index contributed by atoms with van der Waals surface area (Å²) in [6, 6.07) is 10.3. The van der Waals surface area contributed by atoms with Gasteiger partial charge in [-0.15, -0.1) is 0 Å². The fourth-order valence-corrected chi connectivity index (χ4v) is 4.66. The molecule has 0 unspecified atom stereocenters. The summed E-state index contributed by atoms with van der Waals surface area (Å²) in [4.78, 5) is 25.2. The molecule has 1 aliphatic carbocycles. The second-order valence-corrected chi connectivity index (χ2v) is 8.98. The van der Waals surface area contributed by atoms with Crippen molar-refractivity contribution >= 4 is 11.8 Å². The maximum Gasteiger partial charge on any atom is 0.310 e. The summed E-state index contributed by atoms with van der Waals surface area (Å²) >= 11 is 0. The fraction of sp³-hybridized carbons (Fsp3) is 0.481. The number of hydrogen-bond donors (Lipinski definition) is 2. The monoisotopic (exact) mass is 472 g/mol. The molecule has 0 radical (unpaired) electrons. The number of aliphatic hydroxyl groups is 1. The summed E-state index contributed by atoms with van der Waals surface area (Å²) in [5.41, 5.74) is 1.00. The van der Waals surface area contributed by atoms with Crippen molar-refractivity contribution in [3.8, 4) is 11.5 Å². The van der Waals surface area contributed by atoms with E-state index in [2.05, 4.69) is 0 Å². The van der Waals surface area contributed by atoms with Gasteiger partial charge in [0.05, 0.1) is 19.1 Å². The van der Waals surface area contributed by atoms with Crippen LogP contribution in [0.3, 0.4) is 0 Å². The molecule has 1 saturated carbocycles. The number of rotatable bonds is 11. The Kier molecular flexibility index (Phi) is 9.05. The van der Waals surface area contributed by atoms with Crippen molar-refractivity contribution in [3.63, 3.8) is 0 Å². The summed E-state index contributed by atoms with van der Waals surface area (Å²) in [7, 11) is 1.33. The lowest BCUT2D eigenvalue weighted by Gasteiger charge is -2.27. The number of halogens is 1. The van der Waals surface area contributed by atoms with Crippen molar-refractivity contribution < 1.29 is 33.7 Å². The van der Waals surface area contributed by atoms with E-state index in [0.717, 1.165) is 42.9 Å². The third-order valence-corrected chi connectivity index (χ3v) is 6.59. The molecule has 0 amide bonds. The first-order chi connectivity index (χ1) is 16.4. The maximum atomic E-state index is 14.8. The first-order valence-corrected chi connectivity index (χ1v) is 11.8. The molecule has 0 atom stereocenters. The van der Waals surface area contributed by atoms with Crippen LogP contribution in [0.1, 0.15) is 66.4 Å². The molecule has 6 nitrogen and oxygen atoms in total.